The minimum Gasteiger partial charge on any atom is -0.493 e. The fourth-order valence-corrected chi connectivity index (χ4v) is 2.74. The summed E-state index contributed by atoms with van der Waals surface area (Å²) in [7, 11) is 4.38. The van der Waals surface area contributed by atoms with E-state index in [0.717, 1.165) is 5.56 Å². The summed E-state index contributed by atoms with van der Waals surface area (Å²) in [5, 5.41) is 5.14. The molecule has 0 aliphatic heterocycles. The first-order valence-corrected chi connectivity index (χ1v) is 9.43. The van der Waals surface area contributed by atoms with Crippen molar-refractivity contribution < 1.29 is 33.3 Å². The molecule has 2 aromatic carbocycles. The van der Waals surface area contributed by atoms with E-state index in [9.17, 15) is 14.4 Å². The van der Waals surface area contributed by atoms with Gasteiger partial charge in [-0.05, 0) is 26.0 Å². The van der Waals surface area contributed by atoms with Crippen molar-refractivity contribution >= 4 is 23.5 Å². The van der Waals surface area contributed by atoms with E-state index in [1.54, 1.807) is 30.3 Å². The third kappa shape index (κ3) is 6.36. The van der Waals surface area contributed by atoms with Crippen molar-refractivity contribution in [1.82, 2.24) is 5.32 Å². The van der Waals surface area contributed by atoms with Gasteiger partial charge in [-0.25, -0.2) is 4.79 Å². The molecule has 9 nitrogen and oxygen atoms in total. The zero-order chi connectivity index (χ0) is 23.0. The van der Waals surface area contributed by atoms with Gasteiger partial charge < -0.3 is 29.6 Å². The van der Waals surface area contributed by atoms with Gasteiger partial charge in [0.1, 0.15) is 6.04 Å². The van der Waals surface area contributed by atoms with Gasteiger partial charge >= 0.3 is 5.97 Å². The van der Waals surface area contributed by atoms with E-state index in [2.05, 4.69) is 10.6 Å². The normalized spacial score (nSPS) is 11.1. The van der Waals surface area contributed by atoms with Gasteiger partial charge in [-0.3, -0.25) is 9.59 Å². The van der Waals surface area contributed by atoms with Crippen molar-refractivity contribution in [3.05, 3.63) is 47.5 Å². The maximum absolute atomic E-state index is 12.2. The van der Waals surface area contributed by atoms with Crippen molar-refractivity contribution in [3.8, 4) is 17.2 Å². The van der Waals surface area contributed by atoms with Crippen molar-refractivity contribution in [2.45, 2.75) is 19.9 Å². The number of ether oxygens (including phenoxy) is 4. The highest BCUT2D eigenvalue weighted by molar-refractivity contribution is 5.97. The SMILES string of the molecule is COc1cc(NC(=O)COC(=O)[C@H](C)NC(=O)c2cccc(C)c2)cc(OC)c1OC. The molecule has 0 aromatic heterocycles. The number of rotatable bonds is 9. The Morgan fingerprint density at radius 3 is 2.16 bits per heavy atom. The number of esters is 1. The number of nitrogens with one attached hydrogen (secondary N) is 2. The number of hydrogen-bond donors (Lipinski definition) is 2. The number of hydrogen-bond acceptors (Lipinski definition) is 7. The molecule has 0 aliphatic rings. The molecule has 0 saturated carbocycles. The molecule has 0 spiro atoms. The van der Waals surface area contributed by atoms with E-state index >= 15 is 0 Å². The summed E-state index contributed by atoms with van der Waals surface area (Å²) in [6.45, 7) is 2.81. The second-order valence-corrected chi connectivity index (χ2v) is 6.63. The van der Waals surface area contributed by atoms with Crippen LogP contribution in [0.4, 0.5) is 5.69 Å². The summed E-state index contributed by atoms with van der Waals surface area (Å²) >= 11 is 0. The minimum atomic E-state index is -0.929. The molecule has 0 heterocycles. The van der Waals surface area contributed by atoms with Crippen LogP contribution in [0.15, 0.2) is 36.4 Å². The van der Waals surface area contributed by atoms with E-state index in [4.69, 9.17) is 18.9 Å². The predicted octanol–water partition coefficient (Wildman–Crippen LogP) is 2.32. The summed E-state index contributed by atoms with van der Waals surface area (Å²) in [5.41, 5.74) is 1.72. The molecule has 0 bridgehead atoms. The lowest BCUT2D eigenvalue weighted by molar-refractivity contribution is -0.148. The molecule has 0 fully saturated rings. The molecule has 1 atom stereocenters. The van der Waals surface area contributed by atoms with Crippen LogP contribution >= 0.6 is 0 Å². The molecule has 2 rings (SSSR count). The van der Waals surface area contributed by atoms with Crippen molar-refractivity contribution in [1.29, 1.82) is 0 Å². The smallest absolute Gasteiger partial charge is 0.328 e. The van der Waals surface area contributed by atoms with Crippen LogP contribution < -0.4 is 24.8 Å². The first kappa shape index (κ1) is 23.5. The lowest BCUT2D eigenvalue weighted by Crippen LogP contribution is -2.40. The molecule has 2 aromatic rings. The van der Waals surface area contributed by atoms with E-state index in [1.165, 1.54) is 28.3 Å². The fourth-order valence-electron chi connectivity index (χ4n) is 2.74. The Morgan fingerprint density at radius 2 is 1.61 bits per heavy atom. The Kier molecular flexibility index (Phi) is 8.25. The molecule has 2 N–H and O–H groups in total. The molecule has 0 radical (unpaired) electrons. The van der Waals surface area contributed by atoms with Gasteiger partial charge in [-0.15, -0.1) is 0 Å². The number of amides is 2. The monoisotopic (exact) mass is 430 g/mol. The zero-order valence-electron chi connectivity index (χ0n) is 18.1. The molecule has 0 saturated heterocycles. The van der Waals surface area contributed by atoms with Gasteiger partial charge in [0, 0.05) is 23.4 Å². The highest BCUT2D eigenvalue weighted by Crippen LogP contribution is 2.39. The maximum Gasteiger partial charge on any atom is 0.328 e. The van der Waals surface area contributed by atoms with Gasteiger partial charge in [0.25, 0.3) is 11.8 Å². The largest absolute Gasteiger partial charge is 0.493 e. The van der Waals surface area contributed by atoms with E-state index in [0.29, 0.717) is 28.5 Å². The summed E-state index contributed by atoms with van der Waals surface area (Å²) < 4.78 is 20.7. The number of anilines is 1. The Hall–Kier alpha value is -3.75. The highest BCUT2D eigenvalue weighted by Gasteiger charge is 2.20. The fraction of sp³-hybridized carbons (Fsp3) is 0.318. The molecule has 31 heavy (non-hydrogen) atoms. The molecule has 9 heteroatoms. The minimum absolute atomic E-state index is 0.363. The Bertz CT molecular complexity index is 934. The van der Waals surface area contributed by atoms with Gasteiger partial charge in [0.05, 0.1) is 21.3 Å². The Balaban J connectivity index is 1.92. The van der Waals surface area contributed by atoms with Crippen LogP contribution in [0.1, 0.15) is 22.8 Å². The molecular weight excluding hydrogens is 404 g/mol. The Morgan fingerprint density at radius 1 is 0.968 bits per heavy atom. The maximum atomic E-state index is 12.2. The van der Waals surface area contributed by atoms with Crippen LogP contribution in [-0.2, 0) is 14.3 Å². The van der Waals surface area contributed by atoms with Crippen LogP contribution in [0.5, 0.6) is 17.2 Å². The quantitative estimate of drug-likeness (QED) is 0.587. The van der Waals surface area contributed by atoms with Gasteiger partial charge in [0.15, 0.2) is 18.1 Å². The number of methoxy groups -OCH3 is 3. The average molecular weight is 430 g/mol. The van der Waals surface area contributed by atoms with Crippen LogP contribution in [0.3, 0.4) is 0 Å². The average Bonchev–Trinajstić information content (AvgIpc) is 2.76. The number of benzene rings is 2. The summed E-state index contributed by atoms with van der Waals surface area (Å²) in [6.07, 6.45) is 0. The molecule has 2 amide bonds. The lowest BCUT2D eigenvalue weighted by atomic mass is 10.1. The van der Waals surface area contributed by atoms with E-state index in [-0.39, 0.29) is 0 Å². The van der Waals surface area contributed by atoms with Gasteiger partial charge in [0.2, 0.25) is 5.75 Å². The van der Waals surface area contributed by atoms with Crippen LogP contribution in [0.2, 0.25) is 0 Å². The molecule has 0 unspecified atom stereocenters. The summed E-state index contributed by atoms with van der Waals surface area (Å²) in [5.74, 6) is -0.605. The topological polar surface area (TPSA) is 112 Å². The zero-order valence-corrected chi connectivity index (χ0v) is 18.1. The van der Waals surface area contributed by atoms with Gasteiger partial charge in [-0.1, -0.05) is 17.7 Å². The van der Waals surface area contributed by atoms with Crippen LogP contribution in [0, 0.1) is 6.92 Å². The summed E-state index contributed by atoms with van der Waals surface area (Å²) in [4.78, 5) is 36.6. The third-order valence-corrected chi connectivity index (χ3v) is 4.28. The number of aryl methyl sites for hydroxylation is 1. The summed E-state index contributed by atoms with van der Waals surface area (Å²) in [6, 6.07) is 9.13. The molecular formula is C22H26N2O7. The van der Waals surface area contributed by atoms with Crippen LogP contribution in [-0.4, -0.2) is 51.8 Å². The van der Waals surface area contributed by atoms with Crippen molar-refractivity contribution in [2.24, 2.45) is 0 Å². The number of carbonyl (C=O) groups is 3. The predicted molar refractivity (Wildman–Crippen MR) is 114 cm³/mol. The van der Waals surface area contributed by atoms with Crippen LogP contribution in [0.25, 0.3) is 0 Å². The van der Waals surface area contributed by atoms with Crippen molar-refractivity contribution in [2.75, 3.05) is 33.3 Å². The standard InChI is InChI=1S/C22H26N2O7/c1-13-7-6-8-15(9-13)21(26)23-14(2)22(27)31-12-19(25)24-16-10-17(28-3)20(30-5)18(11-16)29-4/h6-11,14H,12H2,1-5H3,(H,23,26)(H,24,25)/t14-/m0/s1. The van der Waals surface area contributed by atoms with E-state index < -0.39 is 30.4 Å². The Labute approximate surface area is 180 Å². The second-order valence-electron chi connectivity index (χ2n) is 6.63. The molecule has 0 aliphatic carbocycles. The van der Waals surface area contributed by atoms with E-state index in [1.807, 2.05) is 13.0 Å². The highest BCUT2D eigenvalue weighted by atomic mass is 16.5. The second kappa shape index (κ2) is 10.9. The number of carbonyl (C=O) groups excluding carboxylic acids is 3. The lowest BCUT2D eigenvalue weighted by Gasteiger charge is -2.15. The third-order valence-electron chi connectivity index (χ3n) is 4.28. The first-order valence-electron chi connectivity index (χ1n) is 9.43. The van der Waals surface area contributed by atoms with Crippen molar-refractivity contribution in [3.63, 3.8) is 0 Å². The first-order chi connectivity index (χ1) is 14.8. The van der Waals surface area contributed by atoms with Gasteiger partial charge in [-0.2, -0.15) is 0 Å². The molecule has 166 valence electrons.